The lowest BCUT2D eigenvalue weighted by molar-refractivity contribution is -0.135. The molecule has 3 aromatic heterocycles. The molecule has 0 N–H and O–H groups in total. The van der Waals surface area contributed by atoms with Gasteiger partial charge < -0.3 is 0 Å². The summed E-state index contributed by atoms with van der Waals surface area (Å²) in [5.74, 6) is 0. The van der Waals surface area contributed by atoms with E-state index in [2.05, 4.69) is 16.1 Å². The van der Waals surface area contributed by atoms with Gasteiger partial charge in [-0.1, -0.05) is 12.1 Å². The quantitative estimate of drug-likeness (QED) is 0.456. The van der Waals surface area contributed by atoms with Crippen molar-refractivity contribution in [3.8, 4) is 11.1 Å². The van der Waals surface area contributed by atoms with Gasteiger partial charge in [-0.2, -0.15) is 18.3 Å². The van der Waals surface area contributed by atoms with E-state index in [0.717, 1.165) is 31.5 Å². The molecule has 3 heterocycles. The van der Waals surface area contributed by atoms with Crippen LogP contribution in [0.2, 0.25) is 0 Å². The number of alkyl halides is 3. The molecule has 4 rings (SSSR count). The molecule has 0 saturated carbocycles. The first-order valence-electron chi connectivity index (χ1n) is 8.26. The standard InChI is InChI=1S/C19H16F3N3S/c1-25-11-15-7-14(10-23-18(15)24-25)12-4-5-13-8-16(26-17(13)9-12)3-2-6-19(20,21)22/h4-5,7-11H,2-3,6H2,1H3. The number of thiophene rings is 1. The fourth-order valence-corrected chi connectivity index (χ4v) is 4.19. The lowest BCUT2D eigenvalue weighted by Gasteiger charge is -2.03. The molecule has 134 valence electrons. The topological polar surface area (TPSA) is 30.7 Å². The Kier molecular flexibility index (Phi) is 4.19. The van der Waals surface area contributed by atoms with Gasteiger partial charge in [-0.05, 0) is 42.0 Å². The van der Waals surface area contributed by atoms with E-state index in [1.165, 1.54) is 0 Å². The number of halogens is 3. The van der Waals surface area contributed by atoms with Crippen LogP contribution in [0, 0.1) is 0 Å². The van der Waals surface area contributed by atoms with E-state index < -0.39 is 12.6 Å². The highest BCUT2D eigenvalue weighted by molar-refractivity contribution is 7.19. The van der Waals surface area contributed by atoms with Crippen molar-refractivity contribution < 1.29 is 13.2 Å². The van der Waals surface area contributed by atoms with Gasteiger partial charge >= 0.3 is 6.18 Å². The Morgan fingerprint density at radius 2 is 1.92 bits per heavy atom. The number of fused-ring (bicyclic) bond motifs is 2. The monoisotopic (exact) mass is 375 g/mol. The lowest BCUT2D eigenvalue weighted by atomic mass is 10.1. The molecule has 0 aliphatic rings. The zero-order valence-corrected chi connectivity index (χ0v) is 14.9. The van der Waals surface area contributed by atoms with Crippen LogP contribution in [0.3, 0.4) is 0 Å². The molecular formula is C19H16F3N3S. The average molecular weight is 375 g/mol. The molecule has 26 heavy (non-hydrogen) atoms. The Balaban J connectivity index is 1.60. The van der Waals surface area contributed by atoms with Crippen molar-refractivity contribution in [3.63, 3.8) is 0 Å². The van der Waals surface area contributed by atoms with Crippen LogP contribution in [0.1, 0.15) is 17.7 Å². The summed E-state index contributed by atoms with van der Waals surface area (Å²) in [6.07, 6.45) is -0.504. The molecule has 0 spiro atoms. The maximum absolute atomic E-state index is 12.3. The normalized spacial score (nSPS) is 12.3. The van der Waals surface area contributed by atoms with Crippen molar-refractivity contribution in [2.75, 3.05) is 0 Å². The highest BCUT2D eigenvalue weighted by Gasteiger charge is 2.26. The number of pyridine rings is 1. The highest BCUT2D eigenvalue weighted by atomic mass is 32.1. The molecule has 0 fully saturated rings. The molecular weight excluding hydrogens is 359 g/mol. The van der Waals surface area contributed by atoms with Gasteiger partial charge in [0.1, 0.15) is 0 Å². The van der Waals surface area contributed by atoms with Crippen LogP contribution in [-0.4, -0.2) is 20.9 Å². The van der Waals surface area contributed by atoms with Crippen LogP contribution in [0.5, 0.6) is 0 Å². The van der Waals surface area contributed by atoms with Crippen LogP contribution < -0.4 is 0 Å². The summed E-state index contributed by atoms with van der Waals surface area (Å²) >= 11 is 1.56. The number of rotatable bonds is 4. The third-order valence-corrected chi connectivity index (χ3v) is 5.42. The van der Waals surface area contributed by atoms with E-state index in [-0.39, 0.29) is 6.42 Å². The van der Waals surface area contributed by atoms with Gasteiger partial charge in [0.25, 0.3) is 0 Å². The minimum absolute atomic E-state index is 0.130. The predicted molar refractivity (Wildman–Crippen MR) is 98.3 cm³/mol. The summed E-state index contributed by atoms with van der Waals surface area (Å²) in [6, 6.07) is 10.2. The van der Waals surface area contributed by atoms with E-state index >= 15 is 0 Å². The van der Waals surface area contributed by atoms with Gasteiger partial charge in [0.15, 0.2) is 5.65 Å². The Morgan fingerprint density at radius 3 is 2.73 bits per heavy atom. The number of aryl methyl sites for hydroxylation is 2. The fraction of sp³-hybridized carbons (Fsp3) is 0.263. The number of aromatic nitrogens is 3. The lowest BCUT2D eigenvalue weighted by Crippen LogP contribution is -2.06. The molecule has 0 aliphatic heterocycles. The predicted octanol–water partition coefficient (Wildman–Crippen LogP) is 5.74. The second-order valence-electron chi connectivity index (χ2n) is 6.37. The molecule has 7 heteroatoms. The molecule has 0 saturated heterocycles. The molecule has 0 radical (unpaired) electrons. The second kappa shape index (κ2) is 6.39. The average Bonchev–Trinajstić information content (AvgIpc) is 3.13. The van der Waals surface area contributed by atoms with Crippen molar-refractivity contribution in [2.45, 2.75) is 25.4 Å². The van der Waals surface area contributed by atoms with Gasteiger partial charge in [0, 0.05) is 46.4 Å². The maximum Gasteiger partial charge on any atom is 0.389 e. The van der Waals surface area contributed by atoms with Crippen LogP contribution >= 0.6 is 11.3 Å². The third-order valence-electron chi connectivity index (χ3n) is 4.26. The molecule has 0 aliphatic carbocycles. The van der Waals surface area contributed by atoms with E-state index in [1.807, 2.05) is 37.5 Å². The van der Waals surface area contributed by atoms with Crippen LogP contribution in [0.25, 0.3) is 32.2 Å². The smallest absolute Gasteiger partial charge is 0.273 e. The Hall–Kier alpha value is -2.41. The van der Waals surface area contributed by atoms with Crippen molar-refractivity contribution >= 4 is 32.5 Å². The largest absolute Gasteiger partial charge is 0.389 e. The number of benzene rings is 1. The summed E-state index contributed by atoms with van der Waals surface area (Å²) in [7, 11) is 1.86. The summed E-state index contributed by atoms with van der Waals surface area (Å²) in [6.45, 7) is 0. The molecule has 4 aromatic rings. The van der Waals surface area contributed by atoms with E-state index in [4.69, 9.17) is 0 Å². The minimum atomic E-state index is -4.08. The van der Waals surface area contributed by atoms with Crippen molar-refractivity contribution in [3.05, 3.63) is 47.6 Å². The summed E-state index contributed by atoms with van der Waals surface area (Å²) < 4.78 is 39.7. The van der Waals surface area contributed by atoms with Crippen LogP contribution in [0.15, 0.2) is 42.7 Å². The van der Waals surface area contributed by atoms with Gasteiger partial charge in [-0.3, -0.25) is 4.68 Å². The molecule has 3 nitrogen and oxygen atoms in total. The second-order valence-corrected chi connectivity index (χ2v) is 7.54. The molecule has 0 atom stereocenters. The fourth-order valence-electron chi connectivity index (χ4n) is 3.04. The Labute approximate surface area is 152 Å². The third kappa shape index (κ3) is 3.58. The summed E-state index contributed by atoms with van der Waals surface area (Å²) in [4.78, 5) is 5.38. The van der Waals surface area contributed by atoms with Gasteiger partial charge in [-0.25, -0.2) is 4.98 Å². The molecule has 1 aromatic carbocycles. The SMILES string of the molecule is Cn1cc2cc(-c3ccc4cc(CCCC(F)(F)F)sc4c3)cnc2n1. The van der Waals surface area contributed by atoms with Gasteiger partial charge in [0.2, 0.25) is 0 Å². The number of nitrogens with zero attached hydrogens (tertiary/aromatic N) is 3. The first kappa shape index (κ1) is 17.0. The van der Waals surface area contributed by atoms with Crippen molar-refractivity contribution in [1.29, 1.82) is 0 Å². The first-order chi connectivity index (χ1) is 12.4. The minimum Gasteiger partial charge on any atom is -0.273 e. The van der Waals surface area contributed by atoms with Crippen LogP contribution in [0.4, 0.5) is 13.2 Å². The Bertz CT molecular complexity index is 1080. The molecule has 0 bridgehead atoms. The van der Waals surface area contributed by atoms with E-state index in [0.29, 0.717) is 12.1 Å². The highest BCUT2D eigenvalue weighted by Crippen LogP contribution is 2.32. The number of hydrogen-bond donors (Lipinski definition) is 0. The van der Waals surface area contributed by atoms with Crippen molar-refractivity contribution in [2.24, 2.45) is 7.05 Å². The molecule has 0 unspecified atom stereocenters. The van der Waals surface area contributed by atoms with Gasteiger partial charge in [-0.15, -0.1) is 11.3 Å². The summed E-state index contributed by atoms with van der Waals surface area (Å²) in [5, 5.41) is 6.32. The Morgan fingerprint density at radius 1 is 1.08 bits per heavy atom. The first-order valence-corrected chi connectivity index (χ1v) is 9.08. The van der Waals surface area contributed by atoms with Crippen molar-refractivity contribution in [1.82, 2.24) is 14.8 Å². The number of hydrogen-bond acceptors (Lipinski definition) is 3. The zero-order chi connectivity index (χ0) is 18.3. The van der Waals surface area contributed by atoms with Crippen LogP contribution in [-0.2, 0) is 13.5 Å². The maximum atomic E-state index is 12.3. The zero-order valence-electron chi connectivity index (χ0n) is 14.0. The van der Waals surface area contributed by atoms with E-state index in [1.54, 1.807) is 22.2 Å². The van der Waals surface area contributed by atoms with E-state index in [9.17, 15) is 13.2 Å². The molecule has 0 amide bonds. The summed E-state index contributed by atoms with van der Waals surface area (Å²) in [5.41, 5.74) is 2.75. The van der Waals surface area contributed by atoms with Gasteiger partial charge in [0.05, 0.1) is 0 Å².